The van der Waals surface area contributed by atoms with Gasteiger partial charge in [-0.15, -0.1) is 11.3 Å². The van der Waals surface area contributed by atoms with Crippen LogP contribution in [-0.4, -0.2) is 58.7 Å². The zero-order valence-electron chi connectivity index (χ0n) is 27.0. The van der Waals surface area contributed by atoms with Crippen LogP contribution in [0.25, 0.3) is 0 Å². The standard InChI is InChI=1S/C37H37N5O7S/c43-31-17-18-32(44)39-30(22-27-12-7-19-50-27)35(46)40-28(20-23-8-3-1-4-9-23)34(45)41-29(21-24-10-5-2-6-11-24)36(47)42-33(37(48)49)25-13-15-26(38-31)16-14-25/h1-16,19,28-30,33H,17-18,20-22H2,(H,38,43)(H,39,44)(H,40,46)(H,41,45)(H,42,47)(H,48,49)/t28-,29+,30+,33?/m0/s1. The zero-order chi connectivity index (χ0) is 35.5. The number of thiophene rings is 1. The summed E-state index contributed by atoms with van der Waals surface area (Å²) in [5.74, 6) is -4.39. The van der Waals surface area contributed by atoms with Crippen molar-refractivity contribution in [1.29, 1.82) is 0 Å². The molecule has 1 aromatic heterocycles. The molecule has 13 heteroatoms. The minimum Gasteiger partial charge on any atom is -0.479 e. The number of hydrogen-bond donors (Lipinski definition) is 6. The van der Waals surface area contributed by atoms with Gasteiger partial charge in [0.1, 0.15) is 18.1 Å². The van der Waals surface area contributed by atoms with Gasteiger partial charge in [-0.25, -0.2) is 4.79 Å². The van der Waals surface area contributed by atoms with Crippen molar-refractivity contribution in [3.63, 3.8) is 0 Å². The highest BCUT2D eigenvalue weighted by molar-refractivity contribution is 7.09. The SMILES string of the molecule is O=C1CCC(=O)N[C@H](Cc2cccs2)C(=O)N[C@@H](Cc2ccccc2)C(=O)N[C@H](Cc2ccccc2)C(=O)NC(C(=O)O)c2ccc(cc2)N1. The van der Waals surface area contributed by atoms with Crippen molar-refractivity contribution < 1.29 is 33.9 Å². The van der Waals surface area contributed by atoms with E-state index in [1.807, 2.05) is 23.6 Å². The van der Waals surface area contributed by atoms with Gasteiger partial charge < -0.3 is 31.7 Å². The topological polar surface area (TPSA) is 183 Å². The molecule has 12 nitrogen and oxygen atoms in total. The van der Waals surface area contributed by atoms with Gasteiger partial charge in [-0.1, -0.05) is 78.9 Å². The summed E-state index contributed by atoms with van der Waals surface area (Å²) < 4.78 is 0. The molecule has 2 bridgehead atoms. The summed E-state index contributed by atoms with van der Waals surface area (Å²) in [6.07, 6.45) is -0.166. The first-order valence-electron chi connectivity index (χ1n) is 16.1. The largest absolute Gasteiger partial charge is 0.479 e. The number of nitrogens with one attached hydrogen (secondary N) is 5. The van der Waals surface area contributed by atoms with E-state index < -0.39 is 59.7 Å². The number of fused-ring (bicyclic) bond motifs is 17. The smallest absolute Gasteiger partial charge is 0.330 e. The van der Waals surface area contributed by atoms with Gasteiger partial charge in [-0.3, -0.25) is 24.0 Å². The maximum absolute atomic E-state index is 14.1. The van der Waals surface area contributed by atoms with Crippen LogP contribution in [0.4, 0.5) is 5.69 Å². The van der Waals surface area contributed by atoms with Crippen molar-refractivity contribution in [3.05, 3.63) is 124 Å². The average Bonchev–Trinajstić information content (AvgIpc) is 3.63. The van der Waals surface area contributed by atoms with Crippen LogP contribution < -0.4 is 26.6 Å². The second-order valence-corrected chi connectivity index (χ2v) is 12.9. The van der Waals surface area contributed by atoms with Gasteiger partial charge in [0.25, 0.3) is 0 Å². The van der Waals surface area contributed by atoms with Crippen molar-refractivity contribution in [3.8, 4) is 0 Å². The number of carbonyl (C=O) groups excluding carboxylic acids is 5. The molecule has 3 aromatic carbocycles. The van der Waals surface area contributed by atoms with E-state index in [0.29, 0.717) is 11.3 Å². The Balaban J connectivity index is 1.51. The van der Waals surface area contributed by atoms with E-state index in [-0.39, 0.29) is 37.7 Å². The van der Waals surface area contributed by atoms with Crippen molar-refractivity contribution in [2.75, 3.05) is 5.32 Å². The monoisotopic (exact) mass is 695 g/mol. The summed E-state index contributed by atoms with van der Waals surface area (Å²) in [4.78, 5) is 80.7. The molecule has 1 unspecified atom stereocenters. The highest BCUT2D eigenvalue weighted by Gasteiger charge is 2.32. The number of benzene rings is 3. The Morgan fingerprint density at radius 2 is 1.12 bits per heavy atom. The third-order valence-electron chi connectivity index (χ3n) is 8.11. The van der Waals surface area contributed by atoms with E-state index in [1.54, 1.807) is 54.6 Å². The highest BCUT2D eigenvalue weighted by Crippen LogP contribution is 2.19. The molecule has 0 fully saturated rings. The van der Waals surface area contributed by atoms with Crippen LogP contribution in [0.15, 0.2) is 102 Å². The van der Waals surface area contributed by atoms with E-state index in [2.05, 4.69) is 26.6 Å². The summed E-state index contributed by atoms with van der Waals surface area (Å²) >= 11 is 1.40. The first kappa shape index (κ1) is 35.5. The fourth-order valence-corrected chi connectivity index (χ4v) is 6.26. The Morgan fingerprint density at radius 1 is 0.600 bits per heavy atom. The van der Waals surface area contributed by atoms with E-state index in [9.17, 15) is 33.9 Å². The molecule has 2 aliphatic rings. The molecule has 6 rings (SSSR count). The van der Waals surface area contributed by atoms with Crippen LogP contribution in [0.3, 0.4) is 0 Å². The minimum absolute atomic E-state index is 0.0266. The number of hydrogen-bond acceptors (Lipinski definition) is 7. The molecule has 0 radical (unpaired) electrons. The second-order valence-electron chi connectivity index (χ2n) is 11.9. The van der Waals surface area contributed by atoms with Crippen molar-refractivity contribution in [2.45, 2.75) is 56.3 Å². The number of anilines is 1. The quantitative estimate of drug-likeness (QED) is 0.161. The molecule has 5 amide bonds. The van der Waals surface area contributed by atoms with E-state index in [4.69, 9.17) is 0 Å². The Hall–Kier alpha value is -5.82. The average molecular weight is 696 g/mol. The lowest BCUT2D eigenvalue weighted by Crippen LogP contribution is -2.58. The van der Waals surface area contributed by atoms with Crippen LogP contribution in [-0.2, 0) is 48.0 Å². The molecule has 3 heterocycles. The van der Waals surface area contributed by atoms with Gasteiger partial charge in [-0.05, 0) is 40.3 Å². The first-order chi connectivity index (χ1) is 24.1. The summed E-state index contributed by atoms with van der Waals surface area (Å²) in [6, 6.07) is 22.5. The van der Waals surface area contributed by atoms with E-state index in [0.717, 1.165) is 10.4 Å². The normalized spacial score (nSPS) is 20.8. The van der Waals surface area contributed by atoms with Crippen molar-refractivity contribution >= 4 is 52.5 Å². The fourth-order valence-electron chi connectivity index (χ4n) is 5.51. The van der Waals surface area contributed by atoms with Crippen LogP contribution >= 0.6 is 11.3 Å². The molecular formula is C37H37N5O7S. The molecule has 0 spiro atoms. The number of rotatable bonds is 7. The molecule has 50 heavy (non-hydrogen) atoms. The molecular weight excluding hydrogens is 659 g/mol. The Bertz CT molecular complexity index is 1800. The van der Waals surface area contributed by atoms with Gasteiger partial charge in [0.05, 0.1) is 0 Å². The third-order valence-corrected chi connectivity index (χ3v) is 9.01. The molecule has 0 aliphatic carbocycles. The number of carboxylic acid groups (broad SMARTS) is 1. The highest BCUT2D eigenvalue weighted by atomic mass is 32.1. The Labute approximate surface area is 292 Å². The van der Waals surface area contributed by atoms with E-state index >= 15 is 0 Å². The summed E-state index contributed by atoms with van der Waals surface area (Å²) in [6.45, 7) is 0. The lowest BCUT2D eigenvalue weighted by molar-refractivity contribution is -0.142. The van der Waals surface area contributed by atoms with Gasteiger partial charge in [-0.2, -0.15) is 0 Å². The number of aliphatic carboxylic acids is 1. The number of carbonyl (C=O) groups is 6. The van der Waals surface area contributed by atoms with Crippen molar-refractivity contribution in [1.82, 2.24) is 21.3 Å². The third kappa shape index (κ3) is 10.1. The predicted molar refractivity (Wildman–Crippen MR) is 187 cm³/mol. The molecule has 0 saturated heterocycles. The molecule has 6 N–H and O–H groups in total. The van der Waals surface area contributed by atoms with Crippen molar-refractivity contribution in [2.24, 2.45) is 0 Å². The van der Waals surface area contributed by atoms with Gasteiger partial charge in [0.2, 0.25) is 29.5 Å². The summed E-state index contributed by atoms with van der Waals surface area (Å²) in [7, 11) is 0. The van der Waals surface area contributed by atoms with Crippen LogP contribution in [0.5, 0.6) is 0 Å². The van der Waals surface area contributed by atoms with Crippen LogP contribution in [0, 0.1) is 0 Å². The van der Waals surface area contributed by atoms with Gasteiger partial charge in [0, 0.05) is 42.7 Å². The Kier molecular flexibility index (Phi) is 12.1. The molecule has 258 valence electrons. The van der Waals surface area contributed by atoms with Gasteiger partial charge >= 0.3 is 5.97 Å². The second kappa shape index (κ2) is 17.0. The number of carboxylic acids is 1. The number of amides is 5. The molecule has 0 saturated carbocycles. The minimum atomic E-state index is -1.48. The molecule has 4 atom stereocenters. The maximum Gasteiger partial charge on any atom is 0.330 e. The van der Waals surface area contributed by atoms with Crippen LogP contribution in [0.1, 0.15) is 40.5 Å². The summed E-state index contributed by atoms with van der Waals surface area (Å²) in [5, 5.41) is 25.4. The fraction of sp³-hybridized carbons (Fsp3) is 0.243. The molecule has 2 aliphatic heterocycles. The molecule has 4 aromatic rings. The van der Waals surface area contributed by atoms with Gasteiger partial charge in [0.15, 0.2) is 6.04 Å². The maximum atomic E-state index is 14.1. The van der Waals surface area contributed by atoms with Crippen LogP contribution in [0.2, 0.25) is 0 Å². The predicted octanol–water partition coefficient (Wildman–Crippen LogP) is 2.90. The zero-order valence-corrected chi connectivity index (χ0v) is 27.8. The Morgan fingerprint density at radius 3 is 1.64 bits per heavy atom. The van der Waals surface area contributed by atoms with E-state index in [1.165, 1.54) is 35.6 Å². The lowest BCUT2D eigenvalue weighted by atomic mass is 10.0. The first-order valence-corrected chi connectivity index (χ1v) is 17.0. The lowest BCUT2D eigenvalue weighted by Gasteiger charge is -2.26. The summed E-state index contributed by atoms with van der Waals surface area (Å²) in [5.41, 5.74) is 2.02.